The summed E-state index contributed by atoms with van der Waals surface area (Å²) in [6, 6.07) is -3.72. The zero-order valence-electron chi connectivity index (χ0n) is 84.9. The number of amides is 12. The maximum Gasteiger partial charge on any atom is 0.250 e. The molecule has 0 aliphatic carbocycles. The number of nitrogens with one attached hydrogen (secondary N) is 6. The van der Waals surface area contributed by atoms with E-state index in [2.05, 4.69) is 113 Å². The van der Waals surface area contributed by atoms with Crippen molar-refractivity contribution in [3.63, 3.8) is 0 Å². The van der Waals surface area contributed by atoms with Gasteiger partial charge in [0.25, 0.3) is 0 Å². The highest BCUT2D eigenvalue weighted by molar-refractivity contribution is 5.94. The Morgan fingerprint density at radius 2 is 0.341 bits per heavy atom. The van der Waals surface area contributed by atoms with Gasteiger partial charge in [-0.25, -0.2) is 0 Å². The van der Waals surface area contributed by atoms with Crippen LogP contribution in [0.4, 0.5) is 0 Å². The van der Waals surface area contributed by atoms with Crippen molar-refractivity contribution in [2.24, 2.45) is 0 Å². The fraction of sp³-hybridized carbons (Fsp3) is 0.647. The molecule has 6 N–H and O–H groups in total. The molecule has 0 saturated heterocycles. The SMILES string of the molecule is C=C1C=C(OC)C(CCC)N1C(=O)C(CCC)NC(=O)CC.C=C1C=C(OC)[C@@H](CCC)N1C(=O)[C@@H](CCC)NC(=O)CC.C=C1C=C(OC)[C@@H](CCC)N1C(=O)[C@@H](CCC)NC(=O)CC.C=C1C=C(OC)[C@@H](CCC)N1C(=O)[C@H](CCC)NC(=O)CC.C=C1C=C(OC)[C@H](CCC)N1C(=O)[C@@H](CCC)NC(=O)CC.C=C1C=C(OC)[C@H](CCC)N1C(=O)[C@H](CCC)NC(=O)CC. The first kappa shape index (κ1) is 119. The molecule has 132 heavy (non-hydrogen) atoms. The Bertz CT molecular complexity index is 3390. The summed E-state index contributed by atoms with van der Waals surface area (Å²) in [5.41, 5.74) is 3.79. The molecule has 0 bridgehead atoms. The first-order valence-corrected chi connectivity index (χ1v) is 48.4. The molecule has 12 amide bonds. The van der Waals surface area contributed by atoms with Crippen molar-refractivity contribution >= 4 is 70.9 Å². The van der Waals surface area contributed by atoms with E-state index < -0.39 is 36.3 Å². The van der Waals surface area contributed by atoms with Gasteiger partial charge in [-0.2, -0.15) is 0 Å². The van der Waals surface area contributed by atoms with Crippen LogP contribution in [0.15, 0.2) is 145 Å². The quantitative estimate of drug-likeness (QED) is 0.0329. The number of rotatable bonds is 48. The summed E-state index contributed by atoms with van der Waals surface area (Å²) in [6.45, 7) is 58.9. The van der Waals surface area contributed by atoms with Crippen LogP contribution >= 0.6 is 0 Å². The Labute approximate surface area is 791 Å². The lowest BCUT2D eigenvalue weighted by molar-refractivity contribution is -0.136. The highest BCUT2D eigenvalue weighted by Gasteiger charge is 2.44. The first-order valence-electron chi connectivity index (χ1n) is 48.4. The van der Waals surface area contributed by atoms with E-state index in [9.17, 15) is 57.5 Å². The van der Waals surface area contributed by atoms with Gasteiger partial charge in [0.1, 0.15) is 70.8 Å². The Hall–Kier alpha value is -10.7. The van der Waals surface area contributed by atoms with Crippen molar-refractivity contribution in [2.45, 2.75) is 390 Å². The fourth-order valence-corrected chi connectivity index (χ4v) is 16.2. The van der Waals surface area contributed by atoms with Gasteiger partial charge < -0.3 is 89.7 Å². The summed E-state index contributed by atoms with van der Waals surface area (Å²) in [6.07, 6.45) is 32.2. The van der Waals surface area contributed by atoms with Crippen LogP contribution in [0.2, 0.25) is 0 Å². The van der Waals surface area contributed by atoms with Crippen LogP contribution in [0.5, 0.6) is 0 Å². The normalized spacial score (nSPS) is 18.9. The largest absolute Gasteiger partial charge is 0.499 e. The van der Waals surface area contributed by atoms with Gasteiger partial charge in [-0.05, 0) is 77.0 Å². The summed E-state index contributed by atoms with van der Waals surface area (Å²) in [5.74, 6) is 3.31. The van der Waals surface area contributed by atoms with Crippen molar-refractivity contribution in [1.82, 2.24) is 61.3 Å². The van der Waals surface area contributed by atoms with Crippen LogP contribution in [-0.4, -0.2) is 215 Å². The van der Waals surface area contributed by atoms with Crippen molar-refractivity contribution in [3.05, 3.63) is 145 Å². The van der Waals surface area contributed by atoms with E-state index in [-0.39, 0.29) is 107 Å². The van der Waals surface area contributed by atoms with Crippen LogP contribution in [0.25, 0.3) is 0 Å². The lowest BCUT2D eigenvalue weighted by Crippen LogP contribution is -2.50. The standard InChI is InChI=1S/6C17H28N2O3/c6*1-6-9-13(18-16(20)8-3)17(21)19-12(4)11-15(22-5)14(19)10-7-2/h6*11,13-14H,4,6-10H2,1-3,5H3,(H,18,20)/t2*13-,14+;3*13-,14-;/m10110./s1. The third-order valence-corrected chi connectivity index (χ3v) is 23.0. The highest BCUT2D eigenvalue weighted by Crippen LogP contribution is 2.37. The number of carbonyl (C=O) groups excluding carboxylic acids is 12. The van der Waals surface area contributed by atoms with Gasteiger partial charge >= 0.3 is 0 Å². The van der Waals surface area contributed by atoms with Crippen molar-refractivity contribution in [3.8, 4) is 0 Å². The van der Waals surface area contributed by atoms with Crippen LogP contribution in [-0.2, 0) is 86.0 Å². The van der Waals surface area contributed by atoms with Crippen LogP contribution in [0.3, 0.4) is 0 Å². The van der Waals surface area contributed by atoms with Gasteiger partial charge in [-0.3, -0.25) is 57.5 Å². The monoisotopic (exact) mass is 1850 g/mol. The van der Waals surface area contributed by atoms with Crippen LogP contribution < -0.4 is 31.9 Å². The zero-order chi connectivity index (χ0) is 100. The Morgan fingerprint density at radius 3 is 0.424 bits per heavy atom. The molecular weight excluding hydrogens is 1680 g/mol. The summed E-state index contributed by atoms with van der Waals surface area (Å²) < 4.78 is 32.3. The molecule has 30 heteroatoms. The molecule has 30 nitrogen and oxygen atoms in total. The van der Waals surface area contributed by atoms with Crippen LogP contribution in [0, 0.1) is 0 Å². The van der Waals surface area contributed by atoms with E-state index in [1.54, 1.807) is 114 Å². The fourth-order valence-electron chi connectivity index (χ4n) is 16.2. The average Bonchev–Trinajstić information content (AvgIpc) is 1.69. The topological polar surface area (TPSA) is 352 Å². The predicted octanol–water partition coefficient (Wildman–Crippen LogP) is 16.4. The third kappa shape index (κ3) is 35.4. The van der Waals surface area contributed by atoms with Gasteiger partial charge in [-0.1, -0.05) is 241 Å². The second kappa shape index (κ2) is 64.2. The van der Waals surface area contributed by atoms with Gasteiger partial charge in [0.2, 0.25) is 70.9 Å². The van der Waals surface area contributed by atoms with Gasteiger partial charge in [0.15, 0.2) is 0 Å². The maximum atomic E-state index is 12.9. The number of ether oxygens (including phenoxy) is 6. The third-order valence-electron chi connectivity index (χ3n) is 23.0. The van der Waals surface area contributed by atoms with Crippen molar-refractivity contribution in [1.29, 1.82) is 0 Å². The predicted molar refractivity (Wildman–Crippen MR) is 521 cm³/mol. The number of nitrogens with zero attached hydrogens (tertiary/aromatic N) is 6. The van der Waals surface area contributed by atoms with E-state index in [0.29, 0.717) is 111 Å². The molecular formula is C102H168N12O18. The molecule has 12 atom stereocenters. The number of allylic oxidation sites excluding steroid dienone is 6. The van der Waals surface area contributed by atoms with E-state index in [1.165, 1.54) is 0 Å². The molecule has 0 radical (unpaired) electrons. The minimum absolute atomic E-state index is 0.101. The van der Waals surface area contributed by atoms with E-state index >= 15 is 0 Å². The summed E-state index contributed by atoms with van der Waals surface area (Å²) in [7, 11) is 9.66. The molecule has 0 saturated carbocycles. The number of carbonyl (C=O) groups is 12. The lowest BCUT2D eigenvalue weighted by atomic mass is 10.1. The molecule has 2 unspecified atom stereocenters. The Morgan fingerprint density at radius 1 is 0.227 bits per heavy atom. The molecule has 6 heterocycles. The van der Waals surface area contributed by atoms with Crippen molar-refractivity contribution < 1.29 is 86.0 Å². The molecule has 744 valence electrons. The lowest BCUT2D eigenvalue weighted by Gasteiger charge is -2.30. The van der Waals surface area contributed by atoms with E-state index in [4.69, 9.17) is 28.4 Å². The van der Waals surface area contributed by atoms with Gasteiger partial charge in [0.05, 0.1) is 78.9 Å². The molecule has 0 aromatic carbocycles. The molecule has 6 aliphatic rings. The second-order valence-corrected chi connectivity index (χ2v) is 33.1. The maximum absolute atomic E-state index is 12.9. The molecule has 0 fully saturated rings. The molecule has 6 aliphatic heterocycles. The van der Waals surface area contributed by atoms with E-state index in [1.807, 2.05) is 78.0 Å². The molecule has 6 rings (SSSR count). The Kier molecular flexibility index (Phi) is 58.1. The van der Waals surface area contributed by atoms with Gasteiger partial charge in [-0.15, -0.1) is 0 Å². The molecule has 0 spiro atoms. The number of methoxy groups -OCH3 is 6. The molecule has 0 aromatic heterocycles. The zero-order valence-corrected chi connectivity index (χ0v) is 84.9. The van der Waals surface area contributed by atoms with E-state index in [0.717, 1.165) is 150 Å². The average molecular weight is 1850 g/mol. The number of hydrogen-bond donors (Lipinski definition) is 6. The second-order valence-electron chi connectivity index (χ2n) is 33.1. The highest BCUT2D eigenvalue weighted by atomic mass is 16.5. The first-order chi connectivity index (χ1) is 63.0. The van der Waals surface area contributed by atoms with Crippen LogP contribution in [0.1, 0.15) is 317 Å². The molecule has 0 aromatic rings. The summed E-state index contributed by atoms with van der Waals surface area (Å²) in [5, 5.41) is 17.0. The summed E-state index contributed by atoms with van der Waals surface area (Å²) in [4.78, 5) is 158. The minimum atomic E-state index is -0.502. The van der Waals surface area contributed by atoms with Gasteiger partial charge in [0, 0.05) is 109 Å². The Balaban J connectivity index is 0.000000792. The van der Waals surface area contributed by atoms with Crippen molar-refractivity contribution in [2.75, 3.05) is 42.7 Å². The smallest absolute Gasteiger partial charge is 0.250 e. The summed E-state index contributed by atoms with van der Waals surface area (Å²) >= 11 is 0. The minimum Gasteiger partial charge on any atom is -0.499 e. The number of hydrogen-bond acceptors (Lipinski definition) is 18.